The molecule has 0 aliphatic carbocycles. The van der Waals surface area contributed by atoms with Crippen molar-refractivity contribution in [2.45, 2.75) is 32.2 Å². The summed E-state index contributed by atoms with van der Waals surface area (Å²) in [5.41, 5.74) is 3.79. The number of anilines is 1. The van der Waals surface area contributed by atoms with E-state index in [-0.39, 0.29) is 11.9 Å². The van der Waals surface area contributed by atoms with E-state index >= 15 is 0 Å². The predicted octanol–water partition coefficient (Wildman–Crippen LogP) is 5.96. The highest BCUT2D eigenvalue weighted by atomic mass is 35.5. The van der Waals surface area contributed by atoms with Crippen LogP contribution in [0, 0.1) is 5.92 Å². The number of carbonyl (C=O) groups excluding carboxylic acids is 1. The van der Waals surface area contributed by atoms with E-state index in [4.69, 9.17) is 23.2 Å². The van der Waals surface area contributed by atoms with Crippen molar-refractivity contribution in [3.8, 4) is 0 Å². The Hall–Kier alpha value is -2.76. The van der Waals surface area contributed by atoms with Crippen molar-refractivity contribution < 1.29 is 4.79 Å². The number of nitrogens with one attached hydrogen (secondary N) is 1. The molecular weight excluding hydrogens is 455 g/mol. The molecule has 1 saturated heterocycles. The second-order valence-corrected chi connectivity index (χ2v) is 9.64. The number of piperidine rings is 1. The minimum absolute atomic E-state index is 0.0513. The van der Waals surface area contributed by atoms with Crippen LogP contribution in [0.25, 0.3) is 0 Å². The second kappa shape index (κ2) is 9.24. The standard InChI is InChI=1S/C26H26Cl2N4O/c1-17-24(26(33)31-13-10-19(11-14-31)15-18-5-3-2-4-6-18)25(32-23(30-17)9-12-29-32)20-7-8-21(27)22(28)16-20/h2-9,12,16,19,25,30H,10-11,13-15H2,1H3. The molecule has 1 unspecified atom stereocenters. The number of allylic oxidation sites excluding steroid dienone is 1. The van der Waals surface area contributed by atoms with Gasteiger partial charge in [0.05, 0.1) is 21.8 Å². The van der Waals surface area contributed by atoms with E-state index in [1.165, 1.54) is 5.56 Å². The third kappa shape index (κ3) is 4.40. The molecule has 2 aliphatic rings. The molecule has 2 aliphatic heterocycles. The van der Waals surface area contributed by atoms with Gasteiger partial charge in [0.25, 0.3) is 5.91 Å². The van der Waals surface area contributed by atoms with Gasteiger partial charge in [0.1, 0.15) is 11.9 Å². The van der Waals surface area contributed by atoms with Gasteiger partial charge in [-0.25, -0.2) is 4.68 Å². The van der Waals surface area contributed by atoms with Gasteiger partial charge in [-0.2, -0.15) is 5.10 Å². The molecule has 1 atom stereocenters. The zero-order valence-corrected chi connectivity index (χ0v) is 20.0. The van der Waals surface area contributed by atoms with E-state index in [9.17, 15) is 4.79 Å². The summed E-state index contributed by atoms with van der Waals surface area (Å²) in [5.74, 6) is 1.50. The van der Waals surface area contributed by atoms with Crippen molar-refractivity contribution in [1.29, 1.82) is 0 Å². The number of amides is 1. The maximum absolute atomic E-state index is 13.8. The average molecular weight is 481 g/mol. The summed E-state index contributed by atoms with van der Waals surface area (Å²) >= 11 is 12.5. The Morgan fingerprint density at radius 1 is 1.06 bits per heavy atom. The smallest absolute Gasteiger partial charge is 0.254 e. The van der Waals surface area contributed by atoms with Crippen molar-refractivity contribution in [3.63, 3.8) is 0 Å². The molecule has 170 valence electrons. The van der Waals surface area contributed by atoms with E-state index < -0.39 is 0 Å². The van der Waals surface area contributed by atoms with Crippen LogP contribution in [-0.4, -0.2) is 33.7 Å². The number of halogens is 2. The van der Waals surface area contributed by atoms with Gasteiger partial charge in [-0.15, -0.1) is 0 Å². The Bertz CT molecular complexity index is 1200. The maximum atomic E-state index is 13.8. The van der Waals surface area contributed by atoms with Gasteiger partial charge in [0.15, 0.2) is 0 Å². The SMILES string of the molecule is CC1=C(C(=O)N2CCC(Cc3ccccc3)CC2)C(c2ccc(Cl)c(Cl)c2)n2nccc2N1. The molecule has 5 nitrogen and oxygen atoms in total. The molecule has 33 heavy (non-hydrogen) atoms. The Morgan fingerprint density at radius 3 is 2.55 bits per heavy atom. The summed E-state index contributed by atoms with van der Waals surface area (Å²) < 4.78 is 1.85. The topological polar surface area (TPSA) is 50.2 Å². The number of carbonyl (C=O) groups is 1. The van der Waals surface area contributed by atoms with E-state index in [2.05, 4.69) is 34.7 Å². The Kier molecular flexibility index (Phi) is 6.17. The number of nitrogens with zero attached hydrogens (tertiary/aromatic N) is 3. The van der Waals surface area contributed by atoms with Crippen molar-refractivity contribution >= 4 is 34.9 Å². The van der Waals surface area contributed by atoms with Crippen LogP contribution in [0.2, 0.25) is 10.0 Å². The molecule has 1 amide bonds. The van der Waals surface area contributed by atoms with Crippen LogP contribution in [0.5, 0.6) is 0 Å². The minimum atomic E-state index is -0.361. The first-order valence-electron chi connectivity index (χ1n) is 11.3. The third-order valence-electron chi connectivity index (χ3n) is 6.67. The fraction of sp³-hybridized carbons (Fsp3) is 0.308. The van der Waals surface area contributed by atoms with Crippen LogP contribution in [0.1, 0.15) is 36.9 Å². The monoisotopic (exact) mass is 480 g/mol. The first-order chi connectivity index (χ1) is 16.0. The molecule has 0 bridgehead atoms. The van der Waals surface area contributed by atoms with Crippen LogP contribution < -0.4 is 5.32 Å². The largest absolute Gasteiger partial charge is 0.344 e. The zero-order valence-electron chi connectivity index (χ0n) is 18.5. The summed E-state index contributed by atoms with van der Waals surface area (Å²) in [4.78, 5) is 15.8. The lowest BCUT2D eigenvalue weighted by atomic mass is 9.89. The molecule has 1 fully saturated rings. The molecule has 3 aromatic rings. The van der Waals surface area contributed by atoms with E-state index in [0.717, 1.165) is 49.4 Å². The van der Waals surface area contributed by atoms with Gasteiger partial charge in [0, 0.05) is 24.9 Å². The summed E-state index contributed by atoms with van der Waals surface area (Å²) in [6.45, 7) is 3.47. The number of likely N-dealkylation sites (tertiary alicyclic amines) is 1. The molecule has 0 radical (unpaired) electrons. The van der Waals surface area contributed by atoms with Crippen molar-refractivity contribution in [2.75, 3.05) is 18.4 Å². The third-order valence-corrected chi connectivity index (χ3v) is 7.41. The molecular formula is C26H26Cl2N4O. The van der Waals surface area contributed by atoms with Crippen molar-refractivity contribution in [2.24, 2.45) is 5.92 Å². The van der Waals surface area contributed by atoms with Crippen molar-refractivity contribution in [3.05, 3.63) is 93.2 Å². The van der Waals surface area contributed by atoms with E-state index in [1.807, 2.05) is 40.8 Å². The van der Waals surface area contributed by atoms with Gasteiger partial charge >= 0.3 is 0 Å². The fourth-order valence-corrected chi connectivity index (χ4v) is 5.24. The van der Waals surface area contributed by atoms with Gasteiger partial charge in [-0.05, 0) is 55.4 Å². The summed E-state index contributed by atoms with van der Waals surface area (Å²) in [6, 6.07) is 17.7. The number of hydrogen-bond acceptors (Lipinski definition) is 3. The molecule has 1 N–H and O–H groups in total. The lowest BCUT2D eigenvalue weighted by Gasteiger charge is -2.36. The van der Waals surface area contributed by atoms with E-state index in [0.29, 0.717) is 21.5 Å². The first kappa shape index (κ1) is 22.1. The predicted molar refractivity (Wildman–Crippen MR) is 133 cm³/mol. The maximum Gasteiger partial charge on any atom is 0.254 e. The van der Waals surface area contributed by atoms with Gasteiger partial charge < -0.3 is 10.2 Å². The molecule has 0 saturated carbocycles. The Balaban J connectivity index is 1.38. The zero-order chi connectivity index (χ0) is 22.9. The molecule has 2 aromatic carbocycles. The minimum Gasteiger partial charge on any atom is -0.344 e. The molecule has 3 heterocycles. The highest BCUT2D eigenvalue weighted by Crippen LogP contribution is 2.38. The summed E-state index contributed by atoms with van der Waals surface area (Å²) in [5, 5.41) is 8.82. The van der Waals surface area contributed by atoms with Crippen LogP contribution in [0.3, 0.4) is 0 Å². The average Bonchev–Trinajstić information content (AvgIpc) is 3.29. The number of rotatable bonds is 4. The quantitative estimate of drug-likeness (QED) is 0.500. The Morgan fingerprint density at radius 2 is 1.82 bits per heavy atom. The normalized spacial score (nSPS) is 18.8. The molecule has 1 aromatic heterocycles. The lowest BCUT2D eigenvalue weighted by Crippen LogP contribution is -2.42. The van der Waals surface area contributed by atoms with Gasteiger partial charge in [-0.1, -0.05) is 59.6 Å². The number of hydrogen-bond donors (Lipinski definition) is 1. The number of benzene rings is 2. The second-order valence-electron chi connectivity index (χ2n) is 8.83. The van der Waals surface area contributed by atoms with Crippen LogP contribution in [0.15, 0.2) is 72.1 Å². The van der Waals surface area contributed by atoms with Crippen LogP contribution in [0.4, 0.5) is 5.82 Å². The highest BCUT2D eigenvalue weighted by molar-refractivity contribution is 6.42. The molecule has 7 heteroatoms. The van der Waals surface area contributed by atoms with E-state index in [1.54, 1.807) is 12.3 Å². The number of aromatic nitrogens is 2. The summed E-state index contributed by atoms with van der Waals surface area (Å²) in [7, 11) is 0. The molecule has 5 rings (SSSR count). The lowest BCUT2D eigenvalue weighted by molar-refractivity contribution is -0.129. The first-order valence-corrected chi connectivity index (χ1v) is 12.1. The van der Waals surface area contributed by atoms with Crippen LogP contribution >= 0.6 is 23.2 Å². The highest BCUT2D eigenvalue weighted by Gasteiger charge is 2.36. The number of fused-ring (bicyclic) bond motifs is 1. The van der Waals surface area contributed by atoms with Gasteiger partial charge in [0.2, 0.25) is 0 Å². The fourth-order valence-electron chi connectivity index (χ4n) is 4.93. The van der Waals surface area contributed by atoms with Crippen molar-refractivity contribution in [1.82, 2.24) is 14.7 Å². The summed E-state index contributed by atoms with van der Waals surface area (Å²) in [6.07, 6.45) is 4.81. The molecule has 0 spiro atoms. The Labute approximate surface area is 204 Å². The van der Waals surface area contributed by atoms with Gasteiger partial charge in [-0.3, -0.25) is 4.79 Å². The van der Waals surface area contributed by atoms with Crippen LogP contribution in [-0.2, 0) is 11.2 Å².